The number of nitrogens with zero attached hydrogens (tertiary/aromatic N) is 1. The van der Waals surface area contributed by atoms with Gasteiger partial charge in [0.1, 0.15) is 12.4 Å². The third-order valence-electron chi connectivity index (χ3n) is 1.80. The average Bonchev–Trinajstić information content (AvgIpc) is 2.39. The van der Waals surface area contributed by atoms with Gasteiger partial charge < -0.3 is 12.4 Å². The summed E-state index contributed by atoms with van der Waals surface area (Å²) < 4.78 is 2.30. The van der Waals surface area contributed by atoms with E-state index in [1.807, 2.05) is 6.20 Å². The lowest BCUT2D eigenvalue weighted by atomic mass is 10.3. The Hall–Kier alpha value is -0.500. The number of aromatic amines is 1. The number of H-pyrrole nitrogens is 1. The molecule has 0 unspecified atom stereocenters. The van der Waals surface area contributed by atoms with Crippen molar-refractivity contribution >= 4 is 0 Å². The minimum absolute atomic E-state index is 0. The zero-order valence-electron chi connectivity index (χ0n) is 7.81. The number of hydrogen-bond donors (Lipinski definition) is 1. The molecular formula is C9H17ClN2. The lowest BCUT2D eigenvalue weighted by Gasteiger charge is -1.95. The van der Waals surface area contributed by atoms with E-state index in [2.05, 4.69) is 29.6 Å². The van der Waals surface area contributed by atoms with Crippen LogP contribution in [0.15, 0.2) is 12.4 Å². The van der Waals surface area contributed by atoms with Crippen LogP contribution < -0.4 is 17.0 Å². The third kappa shape index (κ3) is 2.86. The second kappa shape index (κ2) is 6.06. The molecule has 0 aliphatic rings. The van der Waals surface area contributed by atoms with Gasteiger partial charge in [-0.25, -0.2) is 9.55 Å². The van der Waals surface area contributed by atoms with Gasteiger partial charge >= 0.3 is 0 Å². The normalized spacial score (nSPS) is 9.50. The molecule has 0 aromatic carbocycles. The largest absolute Gasteiger partial charge is 1.00 e. The first-order valence-electron chi connectivity index (χ1n) is 4.44. The van der Waals surface area contributed by atoms with Crippen LogP contribution in [-0.2, 0) is 13.0 Å². The van der Waals surface area contributed by atoms with Gasteiger partial charge in [-0.3, -0.25) is 0 Å². The van der Waals surface area contributed by atoms with Crippen molar-refractivity contribution in [1.82, 2.24) is 4.98 Å². The van der Waals surface area contributed by atoms with E-state index in [0.29, 0.717) is 0 Å². The first-order valence-corrected chi connectivity index (χ1v) is 4.44. The molecule has 0 spiro atoms. The Kier molecular flexibility index (Phi) is 5.81. The predicted octanol–water partition coefficient (Wildman–Crippen LogP) is -1.33. The zero-order valence-corrected chi connectivity index (χ0v) is 8.56. The molecule has 1 rings (SSSR count). The fourth-order valence-electron chi connectivity index (χ4n) is 1.30. The SMILES string of the molecule is CCCc1[nH]cc[n+]1CCC.[Cl-]. The molecule has 0 amide bonds. The highest BCUT2D eigenvalue weighted by Gasteiger charge is 2.06. The van der Waals surface area contributed by atoms with E-state index in [0.717, 1.165) is 13.0 Å². The Morgan fingerprint density at radius 1 is 1.33 bits per heavy atom. The summed E-state index contributed by atoms with van der Waals surface area (Å²) in [6.07, 6.45) is 7.71. The van der Waals surface area contributed by atoms with E-state index in [1.54, 1.807) is 0 Å². The fraction of sp³-hybridized carbons (Fsp3) is 0.667. The van der Waals surface area contributed by atoms with Crippen molar-refractivity contribution in [2.75, 3.05) is 0 Å². The zero-order chi connectivity index (χ0) is 8.10. The van der Waals surface area contributed by atoms with Crippen LogP contribution in [0, 0.1) is 0 Å². The molecule has 1 heterocycles. The van der Waals surface area contributed by atoms with Gasteiger partial charge in [-0.05, 0) is 12.8 Å². The Morgan fingerprint density at radius 3 is 2.67 bits per heavy atom. The number of hydrogen-bond acceptors (Lipinski definition) is 0. The number of aromatic nitrogens is 2. The van der Waals surface area contributed by atoms with E-state index < -0.39 is 0 Å². The molecule has 0 aliphatic carbocycles. The fourth-order valence-corrected chi connectivity index (χ4v) is 1.30. The Labute approximate surface area is 80.4 Å². The van der Waals surface area contributed by atoms with Crippen molar-refractivity contribution < 1.29 is 17.0 Å². The number of nitrogens with one attached hydrogen (secondary N) is 1. The van der Waals surface area contributed by atoms with E-state index in [1.165, 1.54) is 18.7 Å². The molecule has 0 atom stereocenters. The molecule has 2 nitrogen and oxygen atoms in total. The minimum Gasteiger partial charge on any atom is -1.00 e. The van der Waals surface area contributed by atoms with Gasteiger partial charge in [0.2, 0.25) is 0 Å². The van der Waals surface area contributed by atoms with Crippen LogP contribution in [0.4, 0.5) is 0 Å². The van der Waals surface area contributed by atoms with Crippen LogP contribution in [-0.4, -0.2) is 4.98 Å². The molecule has 70 valence electrons. The average molecular weight is 189 g/mol. The molecule has 1 aromatic rings. The van der Waals surface area contributed by atoms with Gasteiger partial charge in [-0.2, -0.15) is 0 Å². The molecule has 0 fully saturated rings. The maximum absolute atomic E-state index is 3.25. The van der Waals surface area contributed by atoms with Gasteiger partial charge in [0.15, 0.2) is 0 Å². The van der Waals surface area contributed by atoms with Crippen molar-refractivity contribution in [3.8, 4) is 0 Å². The Bertz CT molecular complexity index is 188. The maximum atomic E-state index is 3.25. The molecule has 1 N–H and O–H groups in total. The highest BCUT2D eigenvalue weighted by Crippen LogP contribution is 1.92. The van der Waals surface area contributed by atoms with Crippen LogP contribution in [0.5, 0.6) is 0 Å². The Balaban J connectivity index is 0.00000121. The van der Waals surface area contributed by atoms with Crippen molar-refractivity contribution in [3.05, 3.63) is 18.2 Å². The molecule has 0 aliphatic heterocycles. The van der Waals surface area contributed by atoms with Crippen LogP contribution in [0.3, 0.4) is 0 Å². The number of rotatable bonds is 4. The first-order chi connectivity index (χ1) is 5.38. The number of halogens is 1. The molecule has 0 radical (unpaired) electrons. The molecule has 0 saturated carbocycles. The summed E-state index contributed by atoms with van der Waals surface area (Å²) in [6, 6.07) is 0. The quantitative estimate of drug-likeness (QED) is 0.565. The van der Waals surface area contributed by atoms with Gasteiger partial charge in [-0.1, -0.05) is 13.8 Å². The van der Waals surface area contributed by atoms with Crippen molar-refractivity contribution in [3.63, 3.8) is 0 Å². The summed E-state index contributed by atoms with van der Waals surface area (Å²) in [5.74, 6) is 1.36. The van der Waals surface area contributed by atoms with Crippen LogP contribution in [0.2, 0.25) is 0 Å². The monoisotopic (exact) mass is 188 g/mol. The maximum Gasteiger partial charge on any atom is 0.254 e. The highest BCUT2D eigenvalue weighted by molar-refractivity contribution is 4.76. The third-order valence-corrected chi connectivity index (χ3v) is 1.80. The van der Waals surface area contributed by atoms with Gasteiger partial charge in [0.25, 0.3) is 5.82 Å². The smallest absolute Gasteiger partial charge is 0.254 e. The van der Waals surface area contributed by atoms with E-state index in [9.17, 15) is 0 Å². The molecule has 1 aromatic heterocycles. The first kappa shape index (κ1) is 11.5. The summed E-state index contributed by atoms with van der Waals surface area (Å²) in [6.45, 7) is 5.55. The van der Waals surface area contributed by atoms with E-state index in [-0.39, 0.29) is 12.4 Å². The van der Waals surface area contributed by atoms with Crippen LogP contribution in [0.25, 0.3) is 0 Å². The molecule has 0 bridgehead atoms. The van der Waals surface area contributed by atoms with Crippen LogP contribution in [0.1, 0.15) is 32.5 Å². The Morgan fingerprint density at radius 2 is 2.08 bits per heavy atom. The van der Waals surface area contributed by atoms with E-state index >= 15 is 0 Å². The molecular weight excluding hydrogens is 172 g/mol. The topological polar surface area (TPSA) is 19.7 Å². The molecule has 3 heteroatoms. The summed E-state index contributed by atoms with van der Waals surface area (Å²) in [7, 11) is 0. The van der Waals surface area contributed by atoms with Crippen molar-refractivity contribution in [2.24, 2.45) is 0 Å². The van der Waals surface area contributed by atoms with Crippen LogP contribution >= 0.6 is 0 Å². The summed E-state index contributed by atoms with van der Waals surface area (Å²) in [4.78, 5) is 3.25. The summed E-state index contributed by atoms with van der Waals surface area (Å²) >= 11 is 0. The summed E-state index contributed by atoms with van der Waals surface area (Å²) in [5, 5.41) is 0. The number of imidazole rings is 1. The highest BCUT2D eigenvalue weighted by atomic mass is 35.5. The lowest BCUT2D eigenvalue weighted by molar-refractivity contribution is -0.702. The van der Waals surface area contributed by atoms with Crippen molar-refractivity contribution in [2.45, 2.75) is 39.7 Å². The lowest BCUT2D eigenvalue weighted by Crippen LogP contribution is -3.00. The van der Waals surface area contributed by atoms with Gasteiger partial charge in [0.05, 0.1) is 6.54 Å². The minimum atomic E-state index is 0. The van der Waals surface area contributed by atoms with Gasteiger partial charge in [-0.15, -0.1) is 0 Å². The second-order valence-corrected chi connectivity index (χ2v) is 2.85. The van der Waals surface area contributed by atoms with Crippen molar-refractivity contribution in [1.29, 1.82) is 0 Å². The summed E-state index contributed by atoms with van der Waals surface area (Å²) in [5.41, 5.74) is 0. The standard InChI is InChI=1S/C9H16N2.ClH/c1-3-5-9-10-6-8-11(9)7-4-2;/h6,8H,3-5,7H2,1-2H3;1H. The predicted molar refractivity (Wildman–Crippen MR) is 45.3 cm³/mol. The van der Waals surface area contributed by atoms with E-state index in [4.69, 9.17) is 0 Å². The molecule has 12 heavy (non-hydrogen) atoms. The molecule has 0 saturated heterocycles. The second-order valence-electron chi connectivity index (χ2n) is 2.85. The number of aryl methyl sites for hydroxylation is 2. The van der Waals surface area contributed by atoms with Gasteiger partial charge in [0, 0.05) is 6.42 Å².